The zero-order valence-electron chi connectivity index (χ0n) is 12.8. The topological polar surface area (TPSA) is 58.2 Å². The van der Waals surface area contributed by atoms with Gasteiger partial charge in [0.2, 0.25) is 0 Å². The molecule has 3 aromatic rings. The molecular weight excluding hydrogens is 344 g/mol. The second-order valence-electron chi connectivity index (χ2n) is 4.92. The highest BCUT2D eigenvalue weighted by Gasteiger charge is 2.05. The summed E-state index contributed by atoms with van der Waals surface area (Å²) >= 11 is 11.3. The number of benzene rings is 2. The fraction of sp³-hybridized carbons (Fsp3) is 0.0588. The molecule has 0 saturated heterocycles. The molecule has 3 rings (SSSR count). The predicted molar refractivity (Wildman–Crippen MR) is 103 cm³/mol. The second kappa shape index (κ2) is 7.33. The highest BCUT2D eigenvalue weighted by Crippen LogP contribution is 2.24. The first-order chi connectivity index (χ1) is 11.7. The van der Waals surface area contributed by atoms with Crippen molar-refractivity contribution in [3.8, 4) is 5.75 Å². The molecule has 2 aromatic carbocycles. The molecule has 7 heteroatoms. The maximum atomic E-state index is 6.00. The second-order valence-corrected chi connectivity index (χ2v) is 5.77. The summed E-state index contributed by atoms with van der Waals surface area (Å²) in [5.41, 5.74) is 8.48. The number of hydrazine groups is 1. The third kappa shape index (κ3) is 3.67. The molecule has 0 radical (unpaired) electrons. The van der Waals surface area contributed by atoms with Crippen LogP contribution in [0.1, 0.15) is 0 Å². The number of fused-ring (bicyclic) bond motifs is 1. The monoisotopic (exact) mass is 358 g/mol. The lowest BCUT2D eigenvalue weighted by molar-refractivity contribution is 0.417. The van der Waals surface area contributed by atoms with Gasteiger partial charge in [-0.15, -0.1) is 0 Å². The first kappa shape index (κ1) is 16.3. The Morgan fingerprint density at radius 3 is 2.79 bits per heavy atom. The number of anilines is 2. The van der Waals surface area contributed by atoms with Crippen LogP contribution in [0.25, 0.3) is 10.9 Å². The molecule has 1 heterocycles. The predicted octanol–water partition coefficient (Wildman–Crippen LogP) is 4.21. The largest absolute Gasteiger partial charge is 0.495 e. The lowest BCUT2D eigenvalue weighted by atomic mass is 10.2. The highest BCUT2D eigenvalue weighted by atomic mass is 35.5. The van der Waals surface area contributed by atoms with Crippen molar-refractivity contribution in [3.05, 3.63) is 59.8 Å². The lowest BCUT2D eigenvalue weighted by Crippen LogP contribution is -2.33. The summed E-state index contributed by atoms with van der Waals surface area (Å²) < 4.78 is 5.29. The number of halogens is 1. The Morgan fingerprint density at radius 2 is 1.96 bits per heavy atom. The Kier molecular flexibility index (Phi) is 4.98. The van der Waals surface area contributed by atoms with Crippen molar-refractivity contribution in [1.82, 2.24) is 10.4 Å². The number of aromatic nitrogens is 1. The van der Waals surface area contributed by atoms with Crippen LogP contribution in [0.15, 0.2) is 54.7 Å². The quantitative estimate of drug-likeness (QED) is 0.480. The molecule has 3 N–H and O–H groups in total. The van der Waals surface area contributed by atoms with Gasteiger partial charge in [-0.1, -0.05) is 23.7 Å². The van der Waals surface area contributed by atoms with Crippen molar-refractivity contribution in [1.29, 1.82) is 0 Å². The van der Waals surface area contributed by atoms with Gasteiger partial charge in [-0.05, 0) is 48.6 Å². The van der Waals surface area contributed by atoms with Gasteiger partial charge in [0.25, 0.3) is 0 Å². The maximum Gasteiger partial charge on any atom is 0.189 e. The number of ether oxygens (including phenoxy) is 1. The average Bonchev–Trinajstić information content (AvgIpc) is 2.60. The van der Waals surface area contributed by atoms with E-state index in [1.165, 1.54) is 0 Å². The van der Waals surface area contributed by atoms with Gasteiger partial charge in [0, 0.05) is 16.6 Å². The molecule has 5 nitrogen and oxygen atoms in total. The minimum atomic E-state index is 0.415. The van der Waals surface area contributed by atoms with Gasteiger partial charge in [0.05, 0.1) is 24.0 Å². The molecule has 0 aliphatic rings. The molecular formula is C17H15ClN4OS. The molecule has 24 heavy (non-hydrogen) atoms. The summed E-state index contributed by atoms with van der Waals surface area (Å²) in [6.07, 6.45) is 1.71. The summed E-state index contributed by atoms with van der Waals surface area (Å²) in [6, 6.07) is 14.9. The fourth-order valence-corrected chi connectivity index (χ4v) is 2.58. The standard InChI is InChI=1S/C17H15ClN4OS/c1-23-16-5-3-2-4-14(16)20-17(24)22-21-13-8-9-19-15-10-11(18)6-7-12(13)15/h2-10H,1H3,(H,19,21)(H2,20,22,24). The number of hydrogen-bond acceptors (Lipinski definition) is 4. The molecule has 0 atom stereocenters. The minimum absolute atomic E-state index is 0.415. The first-order valence-electron chi connectivity index (χ1n) is 7.17. The van der Waals surface area contributed by atoms with Gasteiger partial charge in [-0.2, -0.15) is 0 Å². The summed E-state index contributed by atoms with van der Waals surface area (Å²) in [4.78, 5) is 4.30. The van der Waals surface area contributed by atoms with E-state index in [4.69, 9.17) is 28.6 Å². The Balaban J connectivity index is 1.71. The number of methoxy groups -OCH3 is 1. The minimum Gasteiger partial charge on any atom is -0.495 e. The normalized spacial score (nSPS) is 10.2. The molecule has 1 aromatic heterocycles. The number of thiocarbonyl (C=S) groups is 1. The number of hydrogen-bond donors (Lipinski definition) is 3. The average molecular weight is 359 g/mol. The Hall–Kier alpha value is -2.57. The number of para-hydroxylation sites is 2. The van der Waals surface area contributed by atoms with Crippen LogP contribution in [-0.4, -0.2) is 17.2 Å². The van der Waals surface area contributed by atoms with Crippen molar-refractivity contribution >= 4 is 51.2 Å². The van der Waals surface area contributed by atoms with E-state index in [0.717, 1.165) is 22.3 Å². The number of rotatable bonds is 4. The Labute approximate surface area is 150 Å². The lowest BCUT2D eigenvalue weighted by Gasteiger charge is -2.15. The van der Waals surface area contributed by atoms with E-state index >= 15 is 0 Å². The molecule has 0 saturated carbocycles. The molecule has 0 aliphatic carbocycles. The van der Waals surface area contributed by atoms with Gasteiger partial charge in [-0.3, -0.25) is 15.8 Å². The zero-order valence-corrected chi connectivity index (χ0v) is 14.4. The van der Waals surface area contributed by atoms with Crippen molar-refractivity contribution in [2.24, 2.45) is 0 Å². The highest BCUT2D eigenvalue weighted by molar-refractivity contribution is 7.80. The molecule has 0 bridgehead atoms. The van der Waals surface area contributed by atoms with Gasteiger partial charge in [0.1, 0.15) is 5.75 Å². The smallest absolute Gasteiger partial charge is 0.189 e. The van der Waals surface area contributed by atoms with E-state index in [0.29, 0.717) is 15.9 Å². The van der Waals surface area contributed by atoms with E-state index < -0.39 is 0 Å². The summed E-state index contributed by atoms with van der Waals surface area (Å²) in [5.74, 6) is 0.714. The number of pyridine rings is 1. The summed E-state index contributed by atoms with van der Waals surface area (Å²) in [5, 5.41) is 5.09. The summed E-state index contributed by atoms with van der Waals surface area (Å²) in [6.45, 7) is 0. The Morgan fingerprint density at radius 1 is 1.12 bits per heavy atom. The van der Waals surface area contributed by atoms with Crippen LogP contribution in [-0.2, 0) is 0 Å². The van der Waals surface area contributed by atoms with Crippen molar-refractivity contribution < 1.29 is 4.74 Å². The van der Waals surface area contributed by atoms with Crippen molar-refractivity contribution in [3.63, 3.8) is 0 Å². The molecule has 0 aliphatic heterocycles. The van der Waals surface area contributed by atoms with Crippen LogP contribution in [0.2, 0.25) is 5.02 Å². The van der Waals surface area contributed by atoms with Crippen LogP contribution < -0.4 is 20.9 Å². The van der Waals surface area contributed by atoms with Crippen LogP contribution in [0, 0.1) is 0 Å². The van der Waals surface area contributed by atoms with E-state index in [2.05, 4.69) is 21.2 Å². The molecule has 0 fully saturated rings. The molecule has 0 amide bonds. The van der Waals surface area contributed by atoms with Crippen LogP contribution in [0.3, 0.4) is 0 Å². The van der Waals surface area contributed by atoms with Crippen molar-refractivity contribution in [2.75, 3.05) is 17.9 Å². The van der Waals surface area contributed by atoms with Gasteiger partial charge >= 0.3 is 0 Å². The van der Waals surface area contributed by atoms with Crippen LogP contribution in [0.5, 0.6) is 5.75 Å². The molecule has 0 spiro atoms. The first-order valence-corrected chi connectivity index (χ1v) is 7.96. The third-order valence-corrected chi connectivity index (χ3v) is 3.81. The zero-order chi connectivity index (χ0) is 16.9. The fourth-order valence-electron chi connectivity index (χ4n) is 2.26. The van der Waals surface area contributed by atoms with E-state index in [9.17, 15) is 0 Å². The summed E-state index contributed by atoms with van der Waals surface area (Å²) in [7, 11) is 1.61. The molecule has 0 unspecified atom stereocenters. The van der Waals surface area contributed by atoms with E-state index in [-0.39, 0.29) is 0 Å². The number of nitrogens with zero attached hydrogens (tertiary/aromatic N) is 1. The van der Waals surface area contributed by atoms with Gasteiger partial charge in [0.15, 0.2) is 5.11 Å². The molecule has 122 valence electrons. The van der Waals surface area contributed by atoms with E-state index in [1.807, 2.05) is 48.5 Å². The van der Waals surface area contributed by atoms with Crippen LogP contribution in [0.4, 0.5) is 11.4 Å². The third-order valence-electron chi connectivity index (χ3n) is 3.37. The SMILES string of the molecule is COc1ccccc1NC(=S)NNc1ccnc2cc(Cl)ccc12. The van der Waals surface area contributed by atoms with Crippen molar-refractivity contribution in [2.45, 2.75) is 0 Å². The maximum absolute atomic E-state index is 6.00. The van der Waals surface area contributed by atoms with Gasteiger partial charge in [-0.25, -0.2) is 0 Å². The van der Waals surface area contributed by atoms with Gasteiger partial charge < -0.3 is 10.1 Å². The van der Waals surface area contributed by atoms with Crippen LogP contribution >= 0.6 is 23.8 Å². The Bertz CT molecular complexity index is 887. The number of nitrogens with one attached hydrogen (secondary N) is 3. The van der Waals surface area contributed by atoms with E-state index in [1.54, 1.807) is 13.3 Å².